The second-order valence-electron chi connectivity index (χ2n) is 4.93. The van der Waals surface area contributed by atoms with Gasteiger partial charge in [-0.25, -0.2) is 8.42 Å². The molecule has 2 aromatic carbocycles. The van der Waals surface area contributed by atoms with E-state index in [0.717, 1.165) is 11.1 Å². The number of rotatable bonds is 4. The van der Waals surface area contributed by atoms with Gasteiger partial charge in [-0.1, -0.05) is 36.4 Å². The Bertz CT molecular complexity index is 714. The number of carbonyl (C=O) groups excluding carboxylic acids is 1. The number of benzene rings is 2. The van der Waals surface area contributed by atoms with Crippen LogP contribution in [-0.2, 0) is 16.5 Å². The average Bonchev–Trinajstić information content (AvgIpc) is 2.46. The van der Waals surface area contributed by atoms with Crippen LogP contribution in [0, 0.1) is 0 Å². The summed E-state index contributed by atoms with van der Waals surface area (Å²) in [7, 11) is 0.705. The van der Waals surface area contributed by atoms with Crippen molar-refractivity contribution in [3.8, 4) is 11.1 Å². The van der Waals surface area contributed by atoms with E-state index < -0.39 is 10.7 Å². The standard InChI is InChI=1S/C16H17NO3S/c1-17(2)16(18)15-9-8-13(10-14(15)11-21(19)20)12-6-4-3-5-7-12/h3-10,21H,11H2,1-2H3. The molecule has 0 unspecified atom stereocenters. The molecule has 0 saturated carbocycles. The van der Waals surface area contributed by atoms with E-state index in [4.69, 9.17) is 0 Å². The molecule has 2 rings (SSSR count). The van der Waals surface area contributed by atoms with Gasteiger partial charge in [0.25, 0.3) is 5.91 Å². The van der Waals surface area contributed by atoms with Gasteiger partial charge in [-0.2, -0.15) is 0 Å². The molecule has 0 aliphatic carbocycles. The van der Waals surface area contributed by atoms with Crippen LogP contribution in [-0.4, -0.2) is 33.3 Å². The quantitative estimate of drug-likeness (QED) is 0.881. The first kappa shape index (κ1) is 15.3. The van der Waals surface area contributed by atoms with Crippen molar-refractivity contribution in [1.82, 2.24) is 4.90 Å². The van der Waals surface area contributed by atoms with Crippen molar-refractivity contribution >= 4 is 16.6 Å². The van der Waals surface area contributed by atoms with Crippen LogP contribution in [0.25, 0.3) is 11.1 Å². The van der Waals surface area contributed by atoms with Gasteiger partial charge in [-0.15, -0.1) is 0 Å². The van der Waals surface area contributed by atoms with Gasteiger partial charge in [0.15, 0.2) is 0 Å². The molecule has 21 heavy (non-hydrogen) atoms. The van der Waals surface area contributed by atoms with Crippen LogP contribution in [0.4, 0.5) is 0 Å². The minimum absolute atomic E-state index is 0.134. The first-order valence-corrected chi connectivity index (χ1v) is 7.87. The highest BCUT2D eigenvalue weighted by Crippen LogP contribution is 2.23. The van der Waals surface area contributed by atoms with Gasteiger partial charge in [0.2, 0.25) is 0 Å². The van der Waals surface area contributed by atoms with Gasteiger partial charge in [-0.05, 0) is 28.8 Å². The Kier molecular flexibility index (Phi) is 4.75. The molecular formula is C16H17NO3S. The molecule has 110 valence electrons. The molecule has 4 nitrogen and oxygen atoms in total. The van der Waals surface area contributed by atoms with Gasteiger partial charge >= 0.3 is 0 Å². The maximum Gasteiger partial charge on any atom is 0.253 e. The van der Waals surface area contributed by atoms with E-state index in [9.17, 15) is 13.2 Å². The van der Waals surface area contributed by atoms with Crippen molar-refractivity contribution in [2.24, 2.45) is 0 Å². The summed E-state index contributed by atoms with van der Waals surface area (Å²) in [5.74, 6) is -0.327. The van der Waals surface area contributed by atoms with Crippen molar-refractivity contribution < 1.29 is 13.2 Å². The molecule has 5 heteroatoms. The van der Waals surface area contributed by atoms with Gasteiger partial charge < -0.3 is 4.90 Å². The maximum absolute atomic E-state index is 12.1. The van der Waals surface area contributed by atoms with Crippen molar-refractivity contribution in [3.05, 3.63) is 59.7 Å². The summed E-state index contributed by atoms with van der Waals surface area (Å²) in [6.07, 6.45) is 0. The van der Waals surface area contributed by atoms with Crippen LogP contribution in [0.15, 0.2) is 48.5 Å². The first-order chi connectivity index (χ1) is 9.99. The SMILES string of the molecule is CN(C)C(=O)c1ccc(-c2ccccc2)cc1C[SH](=O)=O. The topological polar surface area (TPSA) is 54.5 Å². The Hall–Kier alpha value is -2.14. The predicted octanol–water partition coefficient (Wildman–Crippen LogP) is 2.17. The zero-order chi connectivity index (χ0) is 15.4. The molecule has 2 aromatic rings. The molecule has 0 aromatic heterocycles. The Labute approximate surface area is 126 Å². The third kappa shape index (κ3) is 3.70. The van der Waals surface area contributed by atoms with E-state index in [1.807, 2.05) is 36.4 Å². The molecule has 0 heterocycles. The van der Waals surface area contributed by atoms with E-state index >= 15 is 0 Å². The highest BCUT2D eigenvalue weighted by molar-refractivity contribution is 7.71. The van der Waals surface area contributed by atoms with Crippen molar-refractivity contribution in [2.75, 3.05) is 14.1 Å². The second kappa shape index (κ2) is 6.54. The highest BCUT2D eigenvalue weighted by Gasteiger charge is 2.15. The second-order valence-corrected chi connectivity index (χ2v) is 5.91. The normalized spacial score (nSPS) is 10.6. The number of amides is 1. The molecule has 0 fully saturated rings. The lowest BCUT2D eigenvalue weighted by Gasteiger charge is -2.14. The number of hydrogen-bond acceptors (Lipinski definition) is 3. The van der Waals surface area contributed by atoms with Crippen LogP contribution in [0.5, 0.6) is 0 Å². The van der Waals surface area contributed by atoms with Gasteiger partial charge in [0.1, 0.15) is 10.7 Å². The highest BCUT2D eigenvalue weighted by atomic mass is 32.2. The summed E-state index contributed by atoms with van der Waals surface area (Å²) in [4.78, 5) is 13.6. The van der Waals surface area contributed by atoms with Crippen molar-refractivity contribution in [3.63, 3.8) is 0 Å². The van der Waals surface area contributed by atoms with E-state index in [1.165, 1.54) is 4.90 Å². The zero-order valence-corrected chi connectivity index (χ0v) is 12.8. The van der Waals surface area contributed by atoms with Gasteiger partial charge in [-0.3, -0.25) is 4.79 Å². The first-order valence-electron chi connectivity index (χ1n) is 6.51. The average molecular weight is 303 g/mol. The zero-order valence-electron chi connectivity index (χ0n) is 11.9. The fraction of sp³-hybridized carbons (Fsp3) is 0.188. The van der Waals surface area contributed by atoms with E-state index in [0.29, 0.717) is 11.1 Å². The largest absolute Gasteiger partial charge is 0.345 e. The lowest BCUT2D eigenvalue weighted by Crippen LogP contribution is -2.23. The lowest BCUT2D eigenvalue weighted by molar-refractivity contribution is 0.0827. The molecule has 0 aliphatic rings. The molecule has 0 saturated heterocycles. The Morgan fingerprint density at radius 3 is 2.24 bits per heavy atom. The molecule has 0 N–H and O–H groups in total. The Morgan fingerprint density at radius 1 is 1.00 bits per heavy atom. The summed E-state index contributed by atoms with van der Waals surface area (Å²) in [6, 6.07) is 15.0. The molecule has 1 amide bonds. The van der Waals surface area contributed by atoms with E-state index in [-0.39, 0.29) is 11.7 Å². The molecular weight excluding hydrogens is 286 g/mol. The van der Waals surface area contributed by atoms with Crippen LogP contribution < -0.4 is 0 Å². The van der Waals surface area contributed by atoms with Crippen molar-refractivity contribution in [1.29, 1.82) is 0 Å². The van der Waals surface area contributed by atoms with E-state index in [1.54, 1.807) is 26.2 Å². The van der Waals surface area contributed by atoms with Gasteiger partial charge in [0.05, 0.1) is 5.75 Å². The molecule has 0 bridgehead atoms. The maximum atomic E-state index is 12.1. The smallest absolute Gasteiger partial charge is 0.253 e. The molecule has 0 aliphatic heterocycles. The van der Waals surface area contributed by atoms with Crippen LogP contribution in [0.1, 0.15) is 15.9 Å². The minimum atomic E-state index is -2.59. The fourth-order valence-corrected chi connectivity index (χ4v) is 2.66. The van der Waals surface area contributed by atoms with Crippen LogP contribution in [0.2, 0.25) is 0 Å². The summed E-state index contributed by atoms with van der Waals surface area (Å²) in [5, 5.41) is 0. The van der Waals surface area contributed by atoms with Crippen molar-refractivity contribution in [2.45, 2.75) is 5.75 Å². The lowest BCUT2D eigenvalue weighted by atomic mass is 9.99. The summed E-state index contributed by atoms with van der Waals surface area (Å²) in [5.41, 5.74) is 2.85. The minimum Gasteiger partial charge on any atom is -0.345 e. The van der Waals surface area contributed by atoms with Gasteiger partial charge in [0, 0.05) is 19.7 Å². The van der Waals surface area contributed by atoms with E-state index in [2.05, 4.69) is 0 Å². The third-order valence-electron chi connectivity index (χ3n) is 3.15. The number of thiol groups is 1. The Morgan fingerprint density at radius 2 is 1.67 bits per heavy atom. The summed E-state index contributed by atoms with van der Waals surface area (Å²) >= 11 is 0. The molecule has 0 radical (unpaired) electrons. The number of nitrogens with zero attached hydrogens (tertiary/aromatic N) is 1. The summed E-state index contributed by atoms with van der Waals surface area (Å²) in [6.45, 7) is 0. The third-order valence-corrected chi connectivity index (χ3v) is 3.75. The van der Waals surface area contributed by atoms with Crippen LogP contribution >= 0.6 is 0 Å². The molecule has 0 spiro atoms. The Balaban J connectivity index is 2.52. The fourth-order valence-electron chi connectivity index (χ4n) is 2.12. The monoisotopic (exact) mass is 303 g/mol. The number of carbonyl (C=O) groups is 1. The molecule has 0 atom stereocenters. The van der Waals surface area contributed by atoms with Crippen LogP contribution in [0.3, 0.4) is 0 Å². The number of hydrogen-bond donors (Lipinski definition) is 1. The predicted molar refractivity (Wildman–Crippen MR) is 83.9 cm³/mol. The summed E-state index contributed by atoms with van der Waals surface area (Å²) < 4.78 is 22.1.